The molecule has 0 aliphatic heterocycles. The van der Waals surface area contributed by atoms with Gasteiger partial charge in [-0.25, -0.2) is 4.79 Å². The lowest BCUT2D eigenvalue weighted by atomic mass is 10.3. The maximum absolute atomic E-state index is 10.1. The summed E-state index contributed by atoms with van der Waals surface area (Å²) in [6, 6.07) is 0. The fourth-order valence-electron chi connectivity index (χ4n) is 0.568. The summed E-state index contributed by atoms with van der Waals surface area (Å²) in [5.74, 6) is -1.40. The molecule has 12 heavy (non-hydrogen) atoms. The molecule has 0 radical (unpaired) electrons. The molecule has 0 aliphatic carbocycles. The van der Waals surface area contributed by atoms with Gasteiger partial charge in [0.15, 0.2) is 0 Å². The Kier molecular flexibility index (Phi) is 4.53. The van der Waals surface area contributed by atoms with Crippen LogP contribution in [-0.2, 0) is 14.9 Å². The number of allylic oxidation sites excluding steroid dienone is 1. The van der Waals surface area contributed by atoms with Crippen LogP contribution in [0.2, 0.25) is 0 Å². The largest absolute Gasteiger partial charge is 0.478 e. The summed E-state index contributed by atoms with van der Waals surface area (Å²) in [6.45, 7) is 0. The van der Waals surface area contributed by atoms with Gasteiger partial charge < -0.3 is 5.11 Å². The van der Waals surface area contributed by atoms with Gasteiger partial charge >= 0.3 is 5.97 Å². The van der Waals surface area contributed by atoms with Gasteiger partial charge in [0.2, 0.25) is 0 Å². The van der Waals surface area contributed by atoms with Crippen molar-refractivity contribution in [1.29, 1.82) is 0 Å². The molecule has 0 bridgehead atoms. The molecule has 0 aromatic rings. The van der Waals surface area contributed by atoms with Crippen LogP contribution in [-0.4, -0.2) is 29.8 Å². The third kappa shape index (κ3) is 9.12. The molecule has 0 aromatic heterocycles. The van der Waals surface area contributed by atoms with Crippen LogP contribution in [0.5, 0.6) is 0 Å². The van der Waals surface area contributed by atoms with Crippen LogP contribution in [0.25, 0.3) is 0 Å². The zero-order valence-electron chi connectivity index (χ0n) is 6.30. The number of carbonyl (C=O) groups is 1. The van der Waals surface area contributed by atoms with E-state index in [1.165, 1.54) is 6.08 Å². The van der Waals surface area contributed by atoms with Crippen LogP contribution >= 0.6 is 0 Å². The lowest BCUT2D eigenvalue weighted by molar-refractivity contribution is -0.131. The topological polar surface area (TPSA) is 91.7 Å². The van der Waals surface area contributed by atoms with E-state index < -0.39 is 16.1 Å². The number of aliphatic carboxylic acids is 1. The molecule has 0 saturated carbocycles. The molecule has 0 spiro atoms. The molecule has 70 valence electrons. The minimum absolute atomic E-state index is 0.225. The average Bonchev–Trinajstić information content (AvgIpc) is 1.83. The maximum Gasteiger partial charge on any atom is 0.327 e. The normalized spacial score (nSPS) is 12.1. The minimum Gasteiger partial charge on any atom is -0.478 e. The van der Waals surface area contributed by atoms with Gasteiger partial charge in [0.25, 0.3) is 10.1 Å². The van der Waals surface area contributed by atoms with Gasteiger partial charge in [-0.2, -0.15) is 8.42 Å². The standard InChI is InChI=1S/C6H10O5S/c7-6(8)4-2-1-3-5-12(9,10)11/h2,4H,1,3,5H2,(H,7,8)(H,9,10,11)/b4-2+. The van der Waals surface area contributed by atoms with Gasteiger partial charge in [0.05, 0.1) is 5.75 Å². The zero-order valence-corrected chi connectivity index (χ0v) is 7.12. The molecule has 6 heteroatoms. The molecule has 0 aromatic carbocycles. The Morgan fingerprint density at radius 1 is 1.42 bits per heavy atom. The Morgan fingerprint density at radius 2 is 2.00 bits per heavy atom. The van der Waals surface area contributed by atoms with E-state index >= 15 is 0 Å². The number of unbranched alkanes of at least 4 members (excludes halogenated alkanes) is 1. The van der Waals surface area contributed by atoms with Crippen molar-refractivity contribution in [3.63, 3.8) is 0 Å². The van der Waals surface area contributed by atoms with Gasteiger partial charge in [0.1, 0.15) is 0 Å². The quantitative estimate of drug-likeness (QED) is 0.373. The van der Waals surface area contributed by atoms with Crippen molar-refractivity contribution in [3.05, 3.63) is 12.2 Å². The Labute approximate surface area is 70.5 Å². The van der Waals surface area contributed by atoms with Crippen molar-refractivity contribution in [2.75, 3.05) is 5.75 Å². The number of rotatable bonds is 5. The van der Waals surface area contributed by atoms with E-state index in [-0.39, 0.29) is 12.2 Å². The first-order valence-corrected chi connectivity index (χ1v) is 4.87. The predicted molar refractivity (Wildman–Crippen MR) is 42.4 cm³/mol. The summed E-state index contributed by atoms with van der Waals surface area (Å²) in [7, 11) is -3.91. The summed E-state index contributed by atoms with van der Waals surface area (Å²) in [5, 5.41) is 8.12. The summed E-state index contributed by atoms with van der Waals surface area (Å²) < 4.78 is 28.5. The first kappa shape index (κ1) is 11.1. The van der Waals surface area contributed by atoms with Gasteiger partial charge in [-0.1, -0.05) is 6.08 Å². The molecule has 5 nitrogen and oxygen atoms in total. The van der Waals surface area contributed by atoms with E-state index in [1.807, 2.05) is 0 Å². The zero-order chi connectivity index (χ0) is 9.61. The molecule has 2 N–H and O–H groups in total. The molecule has 0 heterocycles. The molecular weight excluding hydrogens is 184 g/mol. The smallest absolute Gasteiger partial charge is 0.327 e. The van der Waals surface area contributed by atoms with Crippen LogP contribution < -0.4 is 0 Å². The van der Waals surface area contributed by atoms with Crippen LogP contribution in [0.1, 0.15) is 12.8 Å². The molecule has 0 rings (SSSR count). The summed E-state index contributed by atoms with van der Waals surface area (Å²) in [6.07, 6.45) is 2.83. The van der Waals surface area contributed by atoms with Gasteiger partial charge in [0, 0.05) is 6.08 Å². The maximum atomic E-state index is 10.1. The molecule has 0 atom stereocenters. The van der Waals surface area contributed by atoms with Crippen LogP contribution in [0.4, 0.5) is 0 Å². The Bertz CT molecular complexity index is 264. The van der Waals surface area contributed by atoms with Crippen molar-refractivity contribution in [3.8, 4) is 0 Å². The summed E-state index contributed by atoms with van der Waals surface area (Å²) >= 11 is 0. The highest BCUT2D eigenvalue weighted by Gasteiger charge is 2.01. The highest BCUT2D eigenvalue weighted by atomic mass is 32.2. The van der Waals surface area contributed by atoms with Gasteiger partial charge in [-0.15, -0.1) is 0 Å². The third-order valence-electron chi connectivity index (χ3n) is 1.03. The lowest BCUT2D eigenvalue weighted by Gasteiger charge is -1.91. The van der Waals surface area contributed by atoms with E-state index in [0.717, 1.165) is 6.08 Å². The fourth-order valence-corrected chi connectivity index (χ4v) is 1.10. The molecule has 0 fully saturated rings. The second-order valence-electron chi connectivity index (χ2n) is 2.17. The lowest BCUT2D eigenvalue weighted by Crippen LogP contribution is -2.02. The molecule has 0 saturated heterocycles. The monoisotopic (exact) mass is 194 g/mol. The summed E-state index contributed by atoms with van der Waals surface area (Å²) in [5.41, 5.74) is 0. The summed E-state index contributed by atoms with van der Waals surface area (Å²) in [4.78, 5) is 9.90. The first-order valence-electron chi connectivity index (χ1n) is 3.26. The van der Waals surface area contributed by atoms with Crippen LogP contribution in [0, 0.1) is 0 Å². The Hall–Kier alpha value is -0.880. The fraction of sp³-hybridized carbons (Fsp3) is 0.500. The van der Waals surface area contributed by atoms with Crippen molar-refractivity contribution >= 4 is 16.1 Å². The second kappa shape index (κ2) is 4.89. The van der Waals surface area contributed by atoms with Crippen molar-refractivity contribution in [1.82, 2.24) is 0 Å². The van der Waals surface area contributed by atoms with E-state index in [9.17, 15) is 13.2 Å². The first-order chi connectivity index (χ1) is 5.42. The third-order valence-corrected chi connectivity index (χ3v) is 1.84. The van der Waals surface area contributed by atoms with Gasteiger partial charge in [-0.3, -0.25) is 4.55 Å². The van der Waals surface area contributed by atoms with E-state index in [4.69, 9.17) is 9.66 Å². The SMILES string of the molecule is O=C(O)/C=C/CCCS(=O)(=O)O. The minimum atomic E-state index is -3.91. The molecule has 0 amide bonds. The van der Waals surface area contributed by atoms with Crippen molar-refractivity contribution < 1.29 is 22.9 Å². The van der Waals surface area contributed by atoms with E-state index in [1.54, 1.807) is 0 Å². The van der Waals surface area contributed by atoms with Crippen molar-refractivity contribution in [2.45, 2.75) is 12.8 Å². The number of hydrogen-bond acceptors (Lipinski definition) is 3. The van der Waals surface area contributed by atoms with E-state index in [0.29, 0.717) is 6.42 Å². The average molecular weight is 194 g/mol. The van der Waals surface area contributed by atoms with E-state index in [2.05, 4.69) is 0 Å². The highest BCUT2D eigenvalue weighted by Crippen LogP contribution is 1.94. The highest BCUT2D eigenvalue weighted by molar-refractivity contribution is 7.85. The number of carboxylic acids is 1. The number of carboxylic acid groups (broad SMARTS) is 1. The second-order valence-corrected chi connectivity index (χ2v) is 3.74. The van der Waals surface area contributed by atoms with Crippen LogP contribution in [0.15, 0.2) is 12.2 Å². The Morgan fingerprint density at radius 3 is 2.42 bits per heavy atom. The van der Waals surface area contributed by atoms with Crippen LogP contribution in [0.3, 0.4) is 0 Å². The van der Waals surface area contributed by atoms with Crippen molar-refractivity contribution in [2.24, 2.45) is 0 Å². The van der Waals surface area contributed by atoms with Gasteiger partial charge in [-0.05, 0) is 12.8 Å². The molecular formula is C6H10O5S. The molecule has 0 unspecified atom stereocenters. The molecule has 0 aliphatic rings. The Balaban J connectivity index is 3.53. The number of hydrogen-bond donors (Lipinski definition) is 2. The predicted octanol–water partition coefficient (Wildman–Crippen LogP) is 0.295.